The van der Waals surface area contributed by atoms with Crippen molar-refractivity contribution in [2.24, 2.45) is 5.73 Å². The third kappa shape index (κ3) is 5.49. The summed E-state index contributed by atoms with van der Waals surface area (Å²) in [5, 5.41) is 9.20. The van der Waals surface area contributed by atoms with Crippen LogP contribution in [0.4, 0.5) is 0 Å². The van der Waals surface area contributed by atoms with Crippen LogP contribution in [0.5, 0.6) is 0 Å². The zero-order valence-corrected chi connectivity index (χ0v) is 7.82. The molecule has 1 unspecified atom stereocenters. The van der Waals surface area contributed by atoms with Crippen LogP contribution in [0.25, 0.3) is 0 Å². The molecular weight excluding hydrogens is 158 g/mol. The average molecular weight is 177 g/mol. The second-order valence-electron chi connectivity index (χ2n) is 2.47. The number of hydrogen-bond donors (Lipinski definition) is 2. The number of hydrogen-bond acceptors (Lipinski definition) is 4. The first-order valence-corrected chi connectivity index (χ1v) is 4.35. The fraction of sp³-hybridized carbons (Fsp3) is 1.00. The lowest BCUT2D eigenvalue weighted by Crippen LogP contribution is -2.28. The Morgan fingerprint density at radius 1 is 1.25 bits per heavy atom. The topological polar surface area (TPSA) is 64.7 Å². The van der Waals surface area contributed by atoms with E-state index in [0.29, 0.717) is 19.6 Å². The number of ether oxygens (including phenoxy) is 2. The van der Waals surface area contributed by atoms with E-state index in [9.17, 15) is 5.11 Å². The van der Waals surface area contributed by atoms with Crippen molar-refractivity contribution >= 4 is 0 Å². The minimum atomic E-state index is -0.534. The Bertz CT molecular complexity index is 94.3. The van der Waals surface area contributed by atoms with E-state index in [1.54, 1.807) is 0 Å². The van der Waals surface area contributed by atoms with Crippen LogP contribution in [0.15, 0.2) is 0 Å². The lowest BCUT2D eigenvalue weighted by Gasteiger charge is -2.18. The summed E-state index contributed by atoms with van der Waals surface area (Å²) in [5.74, 6) is 0. The number of aliphatic hydroxyl groups is 1. The van der Waals surface area contributed by atoms with Gasteiger partial charge in [0.2, 0.25) is 0 Å². The molecule has 0 spiro atoms. The maximum absolute atomic E-state index is 9.20. The van der Waals surface area contributed by atoms with Gasteiger partial charge in [0, 0.05) is 26.2 Å². The van der Waals surface area contributed by atoms with Gasteiger partial charge in [-0.2, -0.15) is 0 Å². The Balaban J connectivity index is 3.61. The van der Waals surface area contributed by atoms with Crippen LogP contribution < -0.4 is 5.73 Å². The first-order chi connectivity index (χ1) is 5.74. The first-order valence-electron chi connectivity index (χ1n) is 4.35. The van der Waals surface area contributed by atoms with Crippen molar-refractivity contribution in [3.63, 3.8) is 0 Å². The molecule has 0 aromatic heterocycles. The molecule has 0 fully saturated rings. The maximum atomic E-state index is 9.20. The summed E-state index contributed by atoms with van der Waals surface area (Å²) in [7, 11) is 0. The van der Waals surface area contributed by atoms with E-state index in [4.69, 9.17) is 15.2 Å². The molecule has 0 aromatic rings. The minimum Gasteiger partial charge on any atom is -0.392 e. The third-order valence-corrected chi connectivity index (χ3v) is 1.44. The molecule has 12 heavy (non-hydrogen) atoms. The maximum Gasteiger partial charge on any atom is 0.160 e. The highest BCUT2D eigenvalue weighted by Gasteiger charge is 2.12. The van der Waals surface area contributed by atoms with Gasteiger partial charge in [0.15, 0.2) is 6.29 Å². The van der Waals surface area contributed by atoms with E-state index in [2.05, 4.69) is 0 Å². The van der Waals surface area contributed by atoms with E-state index >= 15 is 0 Å². The Morgan fingerprint density at radius 2 is 1.75 bits per heavy atom. The quantitative estimate of drug-likeness (QED) is 0.541. The van der Waals surface area contributed by atoms with Crippen molar-refractivity contribution in [2.75, 3.05) is 19.8 Å². The van der Waals surface area contributed by atoms with Gasteiger partial charge in [-0.15, -0.1) is 0 Å². The van der Waals surface area contributed by atoms with Crippen LogP contribution >= 0.6 is 0 Å². The molecule has 0 rings (SSSR count). The fourth-order valence-electron chi connectivity index (χ4n) is 0.874. The molecule has 0 heterocycles. The van der Waals surface area contributed by atoms with Gasteiger partial charge >= 0.3 is 0 Å². The molecule has 1 atom stereocenters. The summed E-state index contributed by atoms with van der Waals surface area (Å²) in [6.45, 7) is 5.20. The van der Waals surface area contributed by atoms with Crippen LogP contribution in [0.2, 0.25) is 0 Å². The molecule has 0 aliphatic carbocycles. The lowest BCUT2D eigenvalue weighted by atomic mass is 10.2. The van der Waals surface area contributed by atoms with Gasteiger partial charge in [0.05, 0.1) is 6.10 Å². The van der Waals surface area contributed by atoms with Crippen molar-refractivity contribution in [1.29, 1.82) is 0 Å². The zero-order chi connectivity index (χ0) is 9.40. The number of nitrogens with two attached hydrogens (primary N) is 1. The van der Waals surface area contributed by atoms with Gasteiger partial charge in [-0.05, 0) is 13.8 Å². The molecule has 0 aliphatic rings. The summed E-state index contributed by atoms with van der Waals surface area (Å²) >= 11 is 0. The van der Waals surface area contributed by atoms with Crippen molar-refractivity contribution in [3.05, 3.63) is 0 Å². The Kier molecular flexibility index (Phi) is 7.39. The van der Waals surface area contributed by atoms with E-state index in [0.717, 1.165) is 0 Å². The number of aliphatic hydroxyl groups excluding tert-OH is 1. The van der Waals surface area contributed by atoms with E-state index in [1.165, 1.54) is 0 Å². The van der Waals surface area contributed by atoms with E-state index in [1.807, 2.05) is 13.8 Å². The Labute approximate surface area is 73.7 Å². The molecule has 0 aromatic carbocycles. The van der Waals surface area contributed by atoms with Crippen LogP contribution in [0.3, 0.4) is 0 Å². The smallest absolute Gasteiger partial charge is 0.160 e. The minimum absolute atomic E-state index is 0.247. The number of rotatable bonds is 7. The molecule has 74 valence electrons. The van der Waals surface area contributed by atoms with E-state index < -0.39 is 6.10 Å². The molecular formula is C8H19NO3. The second-order valence-corrected chi connectivity index (χ2v) is 2.47. The highest BCUT2D eigenvalue weighted by molar-refractivity contribution is 4.58. The zero-order valence-electron chi connectivity index (χ0n) is 7.82. The van der Waals surface area contributed by atoms with E-state index in [-0.39, 0.29) is 12.8 Å². The van der Waals surface area contributed by atoms with Crippen LogP contribution in [-0.2, 0) is 9.47 Å². The summed E-state index contributed by atoms with van der Waals surface area (Å²) < 4.78 is 10.4. The molecule has 0 saturated carbocycles. The van der Waals surface area contributed by atoms with Crippen LogP contribution in [0.1, 0.15) is 20.3 Å². The first kappa shape index (κ1) is 11.8. The summed E-state index contributed by atoms with van der Waals surface area (Å²) in [6, 6.07) is 0. The normalized spacial score (nSPS) is 13.8. The third-order valence-electron chi connectivity index (χ3n) is 1.44. The predicted molar refractivity (Wildman–Crippen MR) is 46.7 cm³/mol. The SMILES string of the molecule is CCOC(CC(O)CN)OCC. The Hall–Kier alpha value is -0.160. The van der Waals surface area contributed by atoms with Crippen LogP contribution in [0, 0.1) is 0 Å². The molecule has 0 radical (unpaired) electrons. The largest absolute Gasteiger partial charge is 0.392 e. The molecule has 3 N–H and O–H groups in total. The average Bonchev–Trinajstić information content (AvgIpc) is 2.05. The molecule has 4 nitrogen and oxygen atoms in total. The summed E-state index contributed by atoms with van der Waals surface area (Å²) in [6.07, 6.45) is -0.412. The van der Waals surface area contributed by atoms with Crippen molar-refractivity contribution in [2.45, 2.75) is 32.7 Å². The highest BCUT2D eigenvalue weighted by Crippen LogP contribution is 2.03. The summed E-state index contributed by atoms with van der Waals surface area (Å²) in [4.78, 5) is 0. The van der Waals surface area contributed by atoms with Gasteiger partial charge in [0.1, 0.15) is 0 Å². The van der Waals surface area contributed by atoms with Crippen molar-refractivity contribution in [1.82, 2.24) is 0 Å². The van der Waals surface area contributed by atoms with Crippen molar-refractivity contribution in [3.8, 4) is 0 Å². The van der Waals surface area contributed by atoms with Crippen molar-refractivity contribution < 1.29 is 14.6 Å². The molecule has 0 bridgehead atoms. The standard InChI is InChI=1S/C8H19NO3/c1-3-11-8(12-4-2)5-7(10)6-9/h7-8,10H,3-6,9H2,1-2H3. The second kappa shape index (κ2) is 7.49. The molecule has 0 saturated heterocycles. The molecule has 0 amide bonds. The fourth-order valence-corrected chi connectivity index (χ4v) is 0.874. The lowest BCUT2D eigenvalue weighted by molar-refractivity contribution is -0.151. The van der Waals surface area contributed by atoms with Gasteiger partial charge in [-0.3, -0.25) is 0 Å². The predicted octanol–water partition coefficient (Wildman–Crippen LogP) is 0.0952. The van der Waals surface area contributed by atoms with Gasteiger partial charge in [0.25, 0.3) is 0 Å². The monoisotopic (exact) mass is 177 g/mol. The Morgan fingerprint density at radius 3 is 2.08 bits per heavy atom. The van der Waals surface area contributed by atoms with Crippen LogP contribution in [-0.4, -0.2) is 37.3 Å². The molecule has 0 aliphatic heterocycles. The molecule has 4 heteroatoms. The van der Waals surface area contributed by atoms with Gasteiger partial charge in [-0.25, -0.2) is 0 Å². The summed E-state index contributed by atoms with van der Waals surface area (Å²) in [5.41, 5.74) is 5.25. The van der Waals surface area contributed by atoms with Gasteiger partial charge in [-0.1, -0.05) is 0 Å². The van der Waals surface area contributed by atoms with Gasteiger partial charge < -0.3 is 20.3 Å². The highest BCUT2D eigenvalue weighted by atomic mass is 16.7.